The molecule has 0 amide bonds. The van der Waals surface area contributed by atoms with E-state index in [1.54, 1.807) is 30.3 Å². The van der Waals surface area contributed by atoms with Crippen LogP contribution < -0.4 is 10.8 Å². The standard InChI is InChI=1S/C37H39N3O9S3/c1-3-39(25-27-9-7-11-33(23-27)50(41,42)43)31-19-15-29(16-20-31)37(35-13-5-6-14-36(35)51(44,45)46)30-17-21-32(22-18-30)40(4-2)26-28-10-8-12-34(24-28)52(47,48)49-38/h5-24,32H,3-4,25-26,38H2,1-2H3,(H,41,42,43)(H,44,45,46)/q+1. The van der Waals surface area contributed by atoms with Crippen LogP contribution in [-0.4, -0.2) is 50.0 Å². The highest BCUT2D eigenvalue weighted by atomic mass is 32.3. The Bertz CT molecular complexity index is 2270. The second-order valence-corrected chi connectivity index (χ2v) is 16.3. The summed E-state index contributed by atoms with van der Waals surface area (Å²) < 4.78 is 96.6. The molecule has 12 nitrogen and oxygen atoms in total. The molecule has 52 heavy (non-hydrogen) atoms. The number of nitrogens with two attached hydrogens (primary N) is 1. The number of anilines is 1. The summed E-state index contributed by atoms with van der Waals surface area (Å²) in [6.07, 6.45) is 7.71. The monoisotopic (exact) mass is 765 g/mol. The van der Waals surface area contributed by atoms with E-state index in [1.165, 1.54) is 36.4 Å². The van der Waals surface area contributed by atoms with Gasteiger partial charge in [0.1, 0.15) is 4.90 Å². The van der Waals surface area contributed by atoms with Crippen LogP contribution in [0.5, 0.6) is 0 Å². The first-order chi connectivity index (χ1) is 24.6. The molecule has 1 atom stereocenters. The average molecular weight is 766 g/mol. The fourth-order valence-electron chi connectivity index (χ4n) is 6.08. The van der Waals surface area contributed by atoms with Gasteiger partial charge in [0.2, 0.25) is 4.90 Å². The lowest BCUT2D eigenvalue weighted by atomic mass is 9.90. The van der Waals surface area contributed by atoms with E-state index < -0.39 is 30.7 Å². The normalized spacial score (nSPS) is 15.8. The molecule has 4 aromatic carbocycles. The average Bonchev–Trinajstić information content (AvgIpc) is 3.13. The first-order valence-corrected chi connectivity index (χ1v) is 20.5. The lowest BCUT2D eigenvalue weighted by Gasteiger charge is -2.28. The fraction of sp³-hybridized carbons (Fsp3) is 0.189. The van der Waals surface area contributed by atoms with Crippen molar-refractivity contribution in [3.8, 4) is 0 Å². The van der Waals surface area contributed by atoms with Gasteiger partial charge < -0.3 is 4.90 Å². The van der Waals surface area contributed by atoms with Crippen LogP contribution in [0.3, 0.4) is 0 Å². The largest absolute Gasteiger partial charge is 0.447 e. The molecule has 0 bridgehead atoms. The Morgan fingerprint density at radius 2 is 1.42 bits per heavy atom. The lowest BCUT2D eigenvalue weighted by molar-refractivity contribution is 0.259. The summed E-state index contributed by atoms with van der Waals surface area (Å²) in [5.41, 5.74) is 4.48. The zero-order chi connectivity index (χ0) is 37.7. The smallest absolute Gasteiger partial charge is 0.367 e. The maximum absolute atomic E-state index is 12.6. The van der Waals surface area contributed by atoms with E-state index in [9.17, 15) is 34.7 Å². The van der Waals surface area contributed by atoms with Gasteiger partial charge in [-0.15, -0.1) is 0 Å². The van der Waals surface area contributed by atoms with Crippen LogP contribution in [0.1, 0.15) is 36.1 Å². The summed E-state index contributed by atoms with van der Waals surface area (Å²) in [6, 6.07) is 25.9. The summed E-state index contributed by atoms with van der Waals surface area (Å²) in [5.74, 6) is 4.96. The Hall–Kier alpha value is -4.29. The third-order valence-electron chi connectivity index (χ3n) is 8.67. The molecule has 0 heterocycles. The number of benzene rings is 4. The summed E-state index contributed by atoms with van der Waals surface area (Å²) in [7, 11) is -13.0. The van der Waals surface area contributed by atoms with E-state index >= 15 is 0 Å². The predicted molar refractivity (Wildman–Crippen MR) is 199 cm³/mol. The molecule has 0 aromatic heterocycles. The van der Waals surface area contributed by atoms with Crippen molar-refractivity contribution in [1.29, 1.82) is 0 Å². The van der Waals surface area contributed by atoms with Crippen LogP contribution in [0.25, 0.3) is 5.57 Å². The maximum Gasteiger partial charge on any atom is 0.447 e. The molecule has 15 heteroatoms. The van der Waals surface area contributed by atoms with Crippen molar-refractivity contribution in [3.63, 3.8) is 0 Å². The van der Waals surface area contributed by atoms with E-state index in [0.29, 0.717) is 54.0 Å². The molecule has 1 aliphatic rings. The first kappa shape index (κ1) is 38.9. The minimum atomic E-state index is -4.60. The van der Waals surface area contributed by atoms with Crippen LogP contribution in [0, 0.1) is 0 Å². The molecule has 1 radical (unpaired) electrons. The quantitative estimate of drug-likeness (QED) is 0.0772. The minimum absolute atomic E-state index is 0.0509. The van der Waals surface area contributed by atoms with E-state index in [1.807, 2.05) is 73.4 Å². The molecular weight excluding hydrogens is 727 g/mol. The van der Waals surface area contributed by atoms with Gasteiger partial charge in [-0.2, -0.15) is 22.7 Å². The Morgan fingerprint density at radius 1 is 0.788 bits per heavy atom. The van der Waals surface area contributed by atoms with E-state index in [-0.39, 0.29) is 20.7 Å². The van der Waals surface area contributed by atoms with Gasteiger partial charge in [-0.05, 0) is 86.2 Å². The van der Waals surface area contributed by atoms with Gasteiger partial charge in [0, 0.05) is 43.0 Å². The zero-order valence-electron chi connectivity index (χ0n) is 28.4. The molecular formula is C37H39N3O9S3+. The fourth-order valence-corrected chi connectivity index (χ4v) is 7.98. The van der Waals surface area contributed by atoms with Gasteiger partial charge in [0.05, 0.1) is 9.45 Å². The second-order valence-electron chi connectivity index (χ2n) is 12.0. The van der Waals surface area contributed by atoms with Crippen molar-refractivity contribution < 1.29 is 39.0 Å². The molecule has 0 aliphatic heterocycles. The Morgan fingerprint density at radius 3 is 2.02 bits per heavy atom. The minimum Gasteiger partial charge on any atom is -0.367 e. The molecule has 0 saturated carbocycles. The molecule has 1 unspecified atom stereocenters. The molecule has 4 N–H and O–H groups in total. The van der Waals surface area contributed by atoms with Gasteiger partial charge in [-0.25, -0.2) is 0 Å². The van der Waals surface area contributed by atoms with Crippen molar-refractivity contribution in [3.05, 3.63) is 149 Å². The summed E-state index contributed by atoms with van der Waals surface area (Å²) in [4.78, 5) is 3.65. The van der Waals surface area contributed by atoms with Crippen LogP contribution in [-0.2, 0) is 56.9 Å². The van der Waals surface area contributed by atoms with E-state index in [4.69, 9.17) is 5.90 Å². The van der Waals surface area contributed by atoms with Crippen molar-refractivity contribution in [2.75, 3.05) is 18.0 Å². The maximum atomic E-state index is 12.6. The molecule has 0 fully saturated rings. The first-order valence-electron chi connectivity index (χ1n) is 16.2. The Balaban J connectivity index is 1.49. The van der Waals surface area contributed by atoms with Crippen LogP contribution in [0.4, 0.5) is 5.69 Å². The third kappa shape index (κ3) is 9.19. The van der Waals surface area contributed by atoms with Crippen molar-refractivity contribution in [2.45, 2.75) is 47.7 Å². The summed E-state index contributed by atoms with van der Waals surface area (Å²) >= 11 is 0. The summed E-state index contributed by atoms with van der Waals surface area (Å²) in [5, 5.41) is 0. The molecule has 273 valence electrons. The van der Waals surface area contributed by atoms with Gasteiger partial charge in [-0.3, -0.25) is 14.0 Å². The van der Waals surface area contributed by atoms with Crippen molar-refractivity contribution in [1.82, 2.24) is 4.90 Å². The van der Waals surface area contributed by atoms with Gasteiger partial charge in [-0.1, -0.05) is 85.8 Å². The van der Waals surface area contributed by atoms with E-state index in [0.717, 1.165) is 11.3 Å². The Kier molecular flexibility index (Phi) is 12.1. The Labute approximate surface area is 305 Å². The van der Waals surface area contributed by atoms with Crippen LogP contribution >= 0.6 is 0 Å². The van der Waals surface area contributed by atoms with Crippen molar-refractivity contribution >= 4 is 42.0 Å². The second kappa shape index (κ2) is 16.2. The highest BCUT2D eigenvalue weighted by Gasteiger charge is 2.34. The summed E-state index contributed by atoms with van der Waals surface area (Å²) in [6.45, 7) is 5.92. The van der Waals surface area contributed by atoms with Crippen molar-refractivity contribution in [2.24, 2.45) is 5.90 Å². The number of hydrogen-bond donors (Lipinski definition) is 3. The highest BCUT2D eigenvalue weighted by molar-refractivity contribution is 7.93. The van der Waals surface area contributed by atoms with Gasteiger partial charge in [0.15, 0.2) is 0 Å². The lowest BCUT2D eigenvalue weighted by Crippen LogP contribution is -2.32. The van der Waals surface area contributed by atoms with Gasteiger partial charge >= 0.3 is 10.5 Å². The highest BCUT2D eigenvalue weighted by Crippen LogP contribution is 2.35. The molecule has 4 aromatic rings. The number of hydrogen-bond acceptors (Lipinski definition) is 9. The molecule has 5 rings (SSSR count). The van der Waals surface area contributed by atoms with Gasteiger partial charge in [0.25, 0.3) is 20.2 Å². The third-order valence-corrected chi connectivity index (χ3v) is 11.5. The molecule has 0 spiro atoms. The molecule has 0 saturated heterocycles. The molecule has 1 aliphatic carbocycles. The number of rotatable bonds is 14. The zero-order valence-corrected chi connectivity index (χ0v) is 30.9. The number of likely N-dealkylation sites (N-methyl/N-ethyl adjacent to an activating group) is 1. The number of allylic oxidation sites excluding steroid dienone is 3. The van der Waals surface area contributed by atoms with Crippen LogP contribution in [0.2, 0.25) is 0 Å². The number of nitrogens with zero attached hydrogens (tertiary/aromatic N) is 2. The van der Waals surface area contributed by atoms with Crippen LogP contribution in [0.15, 0.2) is 142 Å². The SMILES string of the molecule is CCN(Cc1cccc(S(=O)(=O)O)c1)c1ccc(C(=C2C=CC(N(CC)Cc3cccc([S+]([O])(=O)ON)c3)C=C2)c2ccccc2S(=O)(=O)O)cc1. The topological polar surface area (TPSA) is 187 Å². The predicted octanol–water partition coefficient (Wildman–Crippen LogP) is 6.03. The van der Waals surface area contributed by atoms with E-state index in [2.05, 4.69) is 9.18 Å².